The van der Waals surface area contributed by atoms with Crippen molar-refractivity contribution in [1.82, 2.24) is 9.97 Å². The first kappa shape index (κ1) is 11.5. The third-order valence-electron chi connectivity index (χ3n) is 1.77. The predicted octanol–water partition coefficient (Wildman–Crippen LogP) is 3.52. The lowest BCUT2D eigenvalue weighted by molar-refractivity contribution is 1.05. The van der Waals surface area contributed by atoms with Gasteiger partial charge in [0.1, 0.15) is 17.2 Å². The lowest BCUT2D eigenvalue weighted by Crippen LogP contribution is -1.91. The highest BCUT2D eigenvalue weighted by Crippen LogP contribution is 2.34. The van der Waals surface area contributed by atoms with Gasteiger partial charge < -0.3 is 5.73 Å². The van der Waals surface area contributed by atoms with Gasteiger partial charge in [-0.25, -0.2) is 9.97 Å². The summed E-state index contributed by atoms with van der Waals surface area (Å²) in [6, 6.07) is 6.95. The highest BCUT2D eigenvalue weighted by atomic mass is 35.5. The molecule has 0 atom stereocenters. The number of hydrogen-bond donors (Lipinski definition) is 1. The van der Waals surface area contributed by atoms with E-state index in [-0.39, 0.29) is 0 Å². The lowest BCUT2D eigenvalue weighted by atomic mass is 10.4. The van der Waals surface area contributed by atoms with Gasteiger partial charge in [-0.15, -0.1) is 0 Å². The third-order valence-corrected chi connectivity index (χ3v) is 3.44. The van der Waals surface area contributed by atoms with E-state index < -0.39 is 0 Å². The normalized spacial score (nSPS) is 10.4. The van der Waals surface area contributed by atoms with Crippen molar-refractivity contribution in [3.63, 3.8) is 0 Å². The highest BCUT2D eigenvalue weighted by molar-refractivity contribution is 7.99. The van der Waals surface area contributed by atoms with Crippen LogP contribution in [0.25, 0.3) is 0 Å². The predicted molar refractivity (Wildman–Crippen MR) is 67.0 cm³/mol. The first-order chi connectivity index (χ1) is 7.65. The average molecular weight is 272 g/mol. The molecule has 1 heterocycles. The molecule has 0 saturated heterocycles. The number of halogens is 2. The van der Waals surface area contributed by atoms with E-state index in [0.29, 0.717) is 15.9 Å². The number of nitrogens with two attached hydrogens (primary N) is 1. The SMILES string of the molecule is Nc1cc(Sc2cc(Cl)ccc2Cl)ncn1. The molecule has 3 nitrogen and oxygen atoms in total. The maximum absolute atomic E-state index is 6.03. The maximum atomic E-state index is 6.03. The van der Waals surface area contributed by atoms with Crippen molar-refractivity contribution >= 4 is 40.8 Å². The van der Waals surface area contributed by atoms with Crippen molar-refractivity contribution < 1.29 is 0 Å². The summed E-state index contributed by atoms with van der Waals surface area (Å²) in [5.74, 6) is 0.427. The van der Waals surface area contributed by atoms with Gasteiger partial charge in [0.2, 0.25) is 0 Å². The molecular formula is C10H7Cl2N3S. The Morgan fingerprint density at radius 1 is 1.12 bits per heavy atom. The summed E-state index contributed by atoms with van der Waals surface area (Å²) >= 11 is 13.3. The Morgan fingerprint density at radius 3 is 2.69 bits per heavy atom. The smallest absolute Gasteiger partial charge is 0.127 e. The molecule has 0 spiro atoms. The molecule has 0 aliphatic carbocycles. The molecule has 1 aromatic carbocycles. The van der Waals surface area contributed by atoms with E-state index in [1.54, 1.807) is 24.3 Å². The Morgan fingerprint density at radius 2 is 1.94 bits per heavy atom. The number of rotatable bonds is 2. The number of anilines is 1. The first-order valence-corrected chi connectivity index (χ1v) is 5.93. The van der Waals surface area contributed by atoms with Crippen LogP contribution in [0.3, 0.4) is 0 Å². The molecule has 0 amide bonds. The molecule has 0 fully saturated rings. The lowest BCUT2D eigenvalue weighted by Gasteiger charge is -2.04. The van der Waals surface area contributed by atoms with Crippen LogP contribution in [0, 0.1) is 0 Å². The monoisotopic (exact) mass is 271 g/mol. The quantitative estimate of drug-likeness (QED) is 0.850. The number of nitrogens with zero attached hydrogens (tertiary/aromatic N) is 2. The molecule has 0 unspecified atom stereocenters. The second-order valence-electron chi connectivity index (χ2n) is 2.96. The van der Waals surface area contributed by atoms with Gasteiger partial charge >= 0.3 is 0 Å². The summed E-state index contributed by atoms with van der Waals surface area (Å²) < 4.78 is 0. The van der Waals surface area contributed by atoms with Crippen LogP contribution in [0.1, 0.15) is 0 Å². The van der Waals surface area contributed by atoms with Gasteiger partial charge in [-0.3, -0.25) is 0 Å². The zero-order valence-electron chi connectivity index (χ0n) is 8.02. The van der Waals surface area contributed by atoms with Crippen LogP contribution >= 0.6 is 35.0 Å². The molecular weight excluding hydrogens is 265 g/mol. The van der Waals surface area contributed by atoms with E-state index in [2.05, 4.69) is 9.97 Å². The molecule has 0 radical (unpaired) electrons. The summed E-state index contributed by atoms with van der Waals surface area (Å²) in [5.41, 5.74) is 5.56. The molecule has 2 aromatic rings. The number of aromatic nitrogens is 2. The molecule has 0 aliphatic heterocycles. The summed E-state index contributed by atoms with van der Waals surface area (Å²) in [6.07, 6.45) is 1.41. The fraction of sp³-hybridized carbons (Fsp3) is 0. The van der Waals surface area contributed by atoms with Crippen LogP contribution in [0.2, 0.25) is 10.0 Å². The minimum Gasteiger partial charge on any atom is -0.384 e. The molecule has 0 bridgehead atoms. The van der Waals surface area contributed by atoms with Crippen molar-refractivity contribution in [2.75, 3.05) is 5.73 Å². The van der Waals surface area contributed by atoms with Gasteiger partial charge in [0.15, 0.2) is 0 Å². The zero-order valence-corrected chi connectivity index (χ0v) is 10.4. The molecule has 2 rings (SSSR count). The highest BCUT2D eigenvalue weighted by Gasteiger charge is 2.05. The van der Waals surface area contributed by atoms with E-state index in [1.165, 1.54) is 18.1 Å². The van der Waals surface area contributed by atoms with Crippen LogP contribution in [0.15, 0.2) is 40.5 Å². The molecule has 6 heteroatoms. The molecule has 0 aliphatic rings. The summed E-state index contributed by atoms with van der Waals surface area (Å²) in [4.78, 5) is 8.73. The Balaban J connectivity index is 2.30. The van der Waals surface area contributed by atoms with Crippen LogP contribution in [-0.4, -0.2) is 9.97 Å². The first-order valence-electron chi connectivity index (χ1n) is 4.35. The van der Waals surface area contributed by atoms with Gasteiger partial charge in [0.05, 0.1) is 5.02 Å². The molecule has 0 saturated carbocycles. The Labute approximate surface area is 107 Å². The van der Waals surface area contributed by atoms with Gasteiger partial charge in [0, 0.05) is 16.0 Å². The number of nitrogen functional groups attached to an aromatic ring is 1. The molecule has 82 valence electrons. The van der Waals surface area contributed by atoms with Gasteiger partial charge in [0.25, 0.3) is 0 Å². The molecule has 1 aromatic heterocycles. The Kier molecular flexibility index (Phi) is 3.53. The Hall–Kier alpha value is -0.970. The van der Waals surface area contributed by atoms with Crippen LogP contribution < -0.4 is 5.73 Å². The maximum Gasteiger partial charge on any atom is 0.127 e. The summed E-state index contributed by atoms with van der Waals surface area (Å²) in [7, 11) is 0. The van der Waals surface area contributed by atoms with Crippen LogP contribution in [0.4, 0.5) is 5.82 Å². The van der Waals surface area contributed by atoms with E-state index in [9.17, 15) is 0 Å². The fourth-order valence-electron chi connectivity index (χ4n) is 1.08. The van der Waals surface area contributed by atoms with Gasteiger partial charge in [-0.05, 0) is 18.2 Å². The second kappa shape index (κ2) is 4.91. The largest absolute Gasteiger partial charge is 0.384 e. The number of hydrogen-bond acceptors (Lipinski definition) is 4. The Bertz CT molecular complexity index is 519. The van der Waals surface area contributed by atoms with Crippen molar-refractivity contribution in [3.05, 3.63) is 40.6 Å². The molecule has 16 heavy (non-hydrogen) atoms. The van der Waals surface area contributed by atoms with E-state index >= 15 is 0 Å². The van der Waals surface area contributed by atoms with Crippen LogP contribution in [0.5, 0.6) is 0 Å². The third kappa shape index (κ3) is 2.78. The summed E-state index contributed by atoms with van der Waals surface area (Å²) in [6.45, 7) is 0. The molecule has 2 N–H and O–H groups in total. The average Bonchev–Trinajstić information content (AvgIpc) is 2.24. The second-order valence-corrected chi connectivity index (χ2v) is 4.86. The minimum atomic E-state index is 0.427. The topological polar surface area (TPSA) is 51.8 Å². The van der Waals surface area contributed by atoms with Gasteiger partial charge in [-0.1, -0.05) is 35.0 Å². The van der Waals surface area contributed by atoms with Crippen molar-refractivity contribution in [2.45, 2.75) is 9.92 Å². The van der Waals surface area contributed by atoms with E-state index in [4.69, 9.17) is 28.9 Å². The number of benzene rings is 1. The van der Waals surface area contributed by atoms with E-state index in [0.717, 1.165) is 9.92 Å². The zero-order chi connectivity index (χ0) is 11.5. The fourth-order valence-corrected chi connectivity index (χ4v) is 2.40. The van der Waals surface area contributed by atoms with Gasteiger partial charge in [-0.2, -0.15) is 0 Å². The van der Waals surface area contributed by atoms with Crippen molar-refractivity contribution in [2.24, 2.45) is 0 Å². The minimum absolute atomic E-state index is 0.427. The summed E-state index contributed by atoms with van der Waals surface area (Å²) in [5, 5.41) is 2.00. The van der Waals surface area contributed by atoms with Crippen molar-refractivity contribution in [3.8, 4) is 0 Å². The van der Waals surface area contributed by atoms with E-state index in [1.807, 2.05) is 0 Å². The standard InChI is InChI=1S/C10H7Cl2N3S/c11-6-1-2-7(12)8(3-6)16-10-4-9(13)14-5-15-10/h1-5H,(H2,13,14,15). The van der Waals surface area contributed by atoms with Crippen LogP contribution in [-0.2, 0) is 0 Å². The van der Waals surface area contributed by atoms with Crippen molar-refractivity contribution in [1.29, 1.82) is 0 Å².